The SMILES string of the molecule is NCCOc1ccc(Nc2ccnc3ccccc23)cc1. The smallest absolute Gasteiger partial charge is 0.119 e. The number of nitrogens with zero attached hydrogens (tertiary/aromatic N) is 1. The fourth-order valence-electron chi connectivity index (χ4n) is 2.17. The van der Waals surface area contributed by atoms with Crippen LogP contribution in [0.3, 0.4) is 0 Å². The van der Waals surface area contributed by atoms with Crippen LogP contribution >= 0.6 is 0 Å². The Morgan fingerprint density at radius 2 is 1.81 bits per heavy atom. The van der Waals surface area contributed by atoms with Gasteiger partial charge in [0.2, 0.25) is 0 Å². The van der Waals surface area contributed by atoms with Crippen LogP contribution in [0.1, 0.15) is 0 Å². The van der Waals surface area contributed by atoms with Crippen LogP contribution in [0.4, 0.5) is 11.4 Å². The second-order valence-corrected chi connectivity index (χ2v) is 4.66. The third-order valence-electron chi connectivity index (χ3n) is 3.17. The average Bonchev–Trinajstić information content (AvgIpc) is 2.55. The van der Waals surface area contributed by atoms with E-state index >= 15 is 0 Å². The summed E-state index contributed by atoms with van der Waals surface area (Å²) in [6.07, 6.45) is 1.81. The van der Waals surface area contributed by atoms with Crippen molar-refractivity contribution in [1.82, 2.24) is 4.98 Å². The van der Waals surface area contributed by atoms with Gasteiger partial charge in [0.1, 0.15) is 12.4 Å². The summed E-state index contributed by atoms with van der Waals surface area (Å²) in [5.41, 5.74) is 8.44. The quantitative estimate of drug-likeness (QED) is 0.752. The maximum absolute atomic E-state index is 5.47. The Morgan fingerprint density at radius 1 is 1.00 bits per heavy atom. The van der Waals surface area contributed by atoms with Gasteiger partial charge < -0.3 is 15.8 Å². The highest BCUT2D eigenvalue weighted by Gasteiger charge is 2.02. The first kappa shape index (κ1) is 13.4. The van der Waals surface area contributed by atoms with Gasteiger partial charge in [-0.3, -0.25) is 4.98 Å². The number of para-hydroxylation sites is 1. The number of fused-ring (bicyclic) bond motifs is 1. The zero-order valence-corrected chi connectivity index (χ0v) is 11.6. The van der Waals surface area contributed by atoms with Crippen LogP contribution in [0.2, 0.25) is 0 Å². The second-order valence-electron chi connectivity index (χ2n) is 4.66. The standard InChI is InChI=1S/C17H17N3O/c18-10-12-21-14-7-5-13(6-8-14)20-17-9-11-19-16-4-2-1-3-15(16)17/h1-9,11H,10,12,18H2,(H,19,20). The summed E-state index contributed by atoms with van der Waals surface area (Å²) in [5, 5.41) is 4.51. The lowest BCUT2D eigenvalue weighted by molar-refractivity contribution is 0.328. The maximum Gasteiger partial charge on any atom is 0.119 e. The molecule has 0 saturated carbocycles. The zero-order valence-electron chi connectivity index (χ0n) is 11.6. The number of nitrogens with two attached hydrogens (primary N) is 1. The van der Waals surface area contributed by atoms with Gasteiger partial charge in [-0.2, -0.15) is 0 Å². The van der Waals surface area contributed by atoms with Crippen LogP contribution in [-0.2, 0) is 0 Å². The molecule has 0 aliphatic carbocycles. The summed E-state index contributed by atoms with van der Waals surface area (Å²) in [6.45, 7) is 1.05. The molecule has 0 spiro atoms. The van der Waals surface area contributed by atoms with E-state index < -0.39 is 0 Å². The van der Waals surface area contributed by atoms with Gasteiger partial charge in [-0.05, 0) is 36.4 Å². The van der Waals surface area contributed by atoms with Crippen molar-refractivity contribution in [3.05, 3.63) is 60.8 Å². The number of ether oxygens (including phenoxy) is 1. The minimum Gasteiger partial charge on any atom is -0.492 e. The zero-order chi connectivity index (χ0) is 14.5. The van der Waals surface area contributed by atoms with E-state index in [1.165, 1.54) is 0 Å². The third-order valence-corrected chi connectivity index (χ3v) is 3.17. The lowest BCUT2D eigenvalue weighted by atomic mass is 10.2. The van der Waals surface area contributed by atoms with E-state index in [9.17, 15) is 0 Å². The van der Waals surface area contributed by atoms with Gasteiger partial charge >= 0.3 is 0 Å². The van der Waals surface area contributed by atoms with Gasteiger partial charge in [0.15, 0.2) is 0 Å². The van der Waals surface area contributed by atoms with E-state index in [0.29, 0.717) is 13.2 Å². The number of hydrogen-bond acceptors (Lipinski definition) is 4. The summed E-state index contributed by atoms with van der Waals surface area (Å²) >= 11 is 0. The van der Waals surface area contributed by atoms with Crippen molar-refractivity contribution >= 4 is 22.3 Å². The monoisotopic (exact) mass is 279 g/mol. The molecule has 0 aliphatic heterocycles. The highest BCUT2D eigenvalue weighted by atomic mass is 16.5. The number of benzene rings is 2. The minimum atomic E-state index is 0.517. The molecule has 0 aliphatic rings. The highest BCUT2D eigenvalue weighted by molar-refractivity contribution is 5.92. The van der Waals surface area contributed by atoms with Crippen molar-refractivity contribution in [2.75, 3.05) is 18.5 Å². The van der Waals surface area contributed by atoms with Gasteiger partial charge in [-0.1, -0.05) is 18.2 Å². The predicted octanol–water partition coefficient (Wildman–Crippen LogP) is 3.32. The Bertz CT molecular complexity index is 720. The molecule has 21 heavy (non-hydrogen) atoms. The molecule has 4 nitrogen and oxygen atoms in total. The fourth-order valence-corrected chi connectivity index (χ4v) is 2.17. The molecule has 0 fully saturated rings. The first-order valence-electron chi connectivity index (χ1n) is 6.90. The molecule has 0 unspecified atom stereocenters. The van der Waals surface area contributed by atoms with E-state index in [4.69, 9.17) is 10.5 Å². The molecular weight excluding hydrogens is 262 g/mol. The summed E-state index contributed by atoms with van der Waals surface area (Å²) in [7, 11) is 0. The number of nitrogens with one attached hydrogen (secondary N) is 1. The number of aromatic nitrogens is 1. The molecule has 3 N–H and O–H groups in total. The Balaban J connectivity index is 1.82. The lowest BCUT2D eigenvalue weighted by Crippen LogP contribution is -2.10. The lowest BCUT2D eigenvalue weighted by Gasteiger charge is -2.10. The van der Waals surface area contributed by atoms with Crippen molar-refractivity contribution in [3.63, 3.8) is 0 Å². The van der Waals surface area contributed by atoms with Gasteiger partial charge in [0.05, 0.1) is 5.52 Å². The molecule has 3 rings (SSSR count). The topological polar surface area (TPSA) is 60.2 Å². The largest absolute Gasteiger partial charge is 0.492 e. The van der Waals surface area contributed by atoms with Crippen LogP contribution in [0, 0.1) is 0 Å². The molecule has 2 aromatic carbocycles. The molecule has 4 heteroatoms. The Kier molecular flexibility index (Phi) is 3.98. The summed E-state index contributed by atoms with van der Waals surface area (Å²) in [5.74, 6) is 0.825. The van der Waals surface area contributed by atoms with Crippen molar-refractivity contribution in [2.45, 2.75) is 0 Å². The van der Waals surface area contributed by atoms with E-state index in [2.05, 4.69) is 16.4 Å². The summed E-state index contributed by atoms with van der Waals surface area (Å²) in [4.78, 5) is 4.36. The Morgan fingerprint density at radius 3 is 2.62 bits per heavy atom. The Labute approximate surface area is 123 Å². The number of rotatable bonds is 5. The molecule has 106 valence electrons. The van der Waals surface area contributed by atoms with E-state index in [1.54, 1.807) is 0 Å². The van der Waals surface area contributed by atoms with Crippen molar-refractivity contribution in [2.24, 2.45) is 5.73 Å². The van der Waals surface area contributed by atoms with E-state index in [1.807, 2.05) is 54.7 Å². The van der Waals surface area contributed by atoms with Crippen LogP contribution < -0.4 is 15.8 Å². The maximum atomic E-state index is 5.47. The number of pyridine rings is 1. The number of anilines is 2. The van der Waals surface area contributed by atoms with Gasteiger partial charge in [-0.25, -0.2) is 0 Å². The summed E-state index contributed by atoms with van der Waals surface area (Å²) < 4.78 is 5.47. The molecule has 0 radical (unpaired) electrons. The molecule has 0 atom stereocenters. The van der Waals surface area contributed by atoms with Crippen molar-refractivity contribution in [3.8, 4) is 5.75 Å². The third kappa shape index (κ3) is 3.12. The highest BCUT2D eigenvalue weighted by Crippen LogP contribution is 2.25. The molecular formula is C17H17N3O. The fraction of sp³-hybridized carbons (Fsp3) is 0.118. The molecule has 1 heterocycles. The van der Waals surface area contributed by atoms with Crippen LogP contribution in [0.15, 0.2) is 60.8 Å². The average molecular weight is 279 g/mol. The van der Waals surface area contributed by atoms with Crippen molar-refractivity contribution < 1.29 is 4.74 Å². The van der Waals surface area contributed by atoms with Crippen LogP contribution in [0.5, 0.6) is 5.75 Å². The van der Waals surface area contributed by atoms with Crippen molar-refractivity contribution in [1.29, 1.82) is 0 Å². The number of hydrogen-bond donors (Lipinski definition) is 2. The molecule has 0 amide bonds. The predicted molar refractivity (Wildman–Crippen MR) is 86.0 cm³/mol. The van der Waals surface area contributed by atoms with Crippen LogP contribution in [-0.4, -0.2) is 18.1 Å². The van der Waals surface area contributed by atoms with Gasteiger partial charge in [0.25, 0.3) is 0 Å². The first-order valence-corrected chi connectivity index (χ1v) is 6.90. The van der Waals surface area contributed by atoms with E-state index in [-0.39, 0.29) is 0 Å². The molecule has 0 bridgehead atoms. The molecule has 3 aromatic rings. The second kappa shape index (κ2) is 6.24. The first-order chi connectivity index (χ1) is 10.4. The summed E-state index contributed by atoms with van der Waals surface area (Å²) in [6, 6.07) is 17.9. The normalized spacial score (nSPS) is 10.5. The van der Waals surface area contributed by atoms with E-state index in [0.717, 1.165) is 28.0 Å². The van der Waals surface area contributed by atoms with Crippen LogP contribution in [0.25, 0.3) is 10.9 Å². The minimum absolute atomic E-state index is 0.517. The van der Waals surface area contributed by atoms with Gasteiger partial charge in [-0.15, -0.1) is 0 Å². The molecule has 1 aromatic heterocycles. The van der Waals surface area contributed by atoms with Gasteiger partial charge in [0, 0.05) is 29.5 Å². The Hall–Kier alpha value is -2.59. The molecule has 0 saturated heterocycles.